The molecule has 7 heteroatoms. The van der Waals surface area contributed by atoms with Gasteiger partial charge in [-0.3, -0.25) is 0 Å². The van der Waals surface area contributed by atoms with Gasteiger partial charge in [0, 0.05) is 21.2 Å². The van der Waals surface area contributed by atoms with E-state index in [0.717, 1.165) is 11.3 Å². The number of nitriles is 1. The Kier molecular flexibility index (Phi) is 5.10. The van der Waals surface area contributed by atoms with Gasteiger partial charge in [0.25, 0.3) is 0 Å². The van der Waals surface area contributed by atoms with Gasteiger partial charge in [-0.25, -0.2) is 0 Å². The smallest absolute Gasteiger partial charge is 0.229 e. The zero-order valence-corrected chi connectivity index (χ0v) is 18.2. The third-order valence-electron chi connectivity index (χ3n) is 5.38. The molecule has 0 radical (unpaired) electrons. The van der Waals surface area contributed by atoms with E-state index in [1.807, 2.05) is 60.7 Å². The van der Waals surface area contributed by atoms with Crippen LogP contribution >= 0.6 is 23.2 Å². The highest BCUT2D eigenvalue weighted by Gasteiger charge is 2.39. The molecule has 0 unspecified atom stereocenters. The summed E-state index contributed by atoms with van der Waals surface area (Å²) in [5.74, 6) is -0.220. The van der Waals surface area contributed by atoms with Crippen LogP contribution in [-0.4, -0.2) is 9.78 Å². The third-order valence-corrected chi connectivity index (χ3v) is 6.04. The molecule has 156 valence electrons. The lowest BCUT2D eigenvalue weighted by Gasteiger charge is -2.26. The molecule has 32 heavy (non-hydrogen) atoms. The molecule has 2 heterocycles. The highest BCUT2D eigenvalue weighted by Crippen LogP contribution is 2.50. The fourth-order valence-corrected chi connectivity index (χ4v) is 4.58. The summed E-state index contributed by atoms with van der Waals surface area (Å²) < 4.78 is 7.69. The molecule has 0 aliphatic carbocycles. The van der Waals surface area contributed by atoms with E-state index in [4.69, 9.17) is 38.8 Å². The van der Waals surface area contributed by atoms with Crippen molar-refractivity contribution in [3.8, 4) is 28.9 Å². The van der Waals surface area contributed by atoms with E-state index in [0.29, 0.717) is 32.7 Å². The Morgan fingerprint density at radius 1 is 0.875 bits per heavy atom. The number of hydrogen-bond donors (Lipinski definition) is 1. The maximum Gasteiger partial charge on any atom is 0.229 e. The van der Waals surface area contributed by atoms with Crippen molar-refractivity contribution in [3.63, 3.8) is 0 Å². The summed E-state index contributed by atoms with van der Waals surface area (Å²) in [7, 11) is 0. The Balaban J connectivity index is 1.88. The van der Waals surface area contributed by atoms with Gasteiger partial charge in [-0.05, 0) is 24.3 Å². The molecule has 1 aliphatic heterocycles. The summed E-state index contributed by atoms with van der Waals surface area (Å²) in [5.41, 5.74) is 10.1. The molecule has 5 rings (SSSR count). The molecular weight excluding hydrogens is 443 g/mol. The summed E-state index contributed by atoms with van der Waals surface area (Å²) in [4.78, 5) is 0. The van der Waals surface area contributed by atoms with Gasteiger partial charge in [0.05, 0.1) is 17.2 Å². The molecule has 2 N–H and O–H groups in total. The number of hydrogen-bond acceptors (Lipinski definition) is 4. The van der Waals surface area contributed by atoms with Crippen molar-refractivity contribution >= 4 is 23.2 Å². The van der Waals surface area contributed by atoms with Crippen molar-refractivity contribution in [2.45, 2.75) is 5.92 Å². The van der Waals surface area contributed by atoms with Crippen LogP contribution in [0.3, 0.4) is 0 Å². The van der Waals surface area contributed by atoms with Crippen molar-refractivity contribution in [2.24, 2.45) is 5.73 Å². The van der Waals surface area contributed by atoms with E-state index in [9.17, 15) is 5.26 Å². The molecule has 3 aromatic carbocycles. The molecule has 1 aromatic heterocycles. The number of allylic oxidation sites excluding steroid dienone is 1. The Bertz CT molecular complexity index is 1370. The van der Waals surface area contributed by atoms with Gasteiger partial charge in [-0.1, -0.05) is 77.8 Å². The van der Waals surface area contributed by atoms with Crippen LogP contribution in [0, 0.1) is 11.3 Å². The van der Waals surface area contributed by atoms with Crippen LogP contribution in [0.15, 0.2) is 90.3 Å². The first kappa shape index (κ1) is 20.2. The second-order valence-electron chi connectivity index (χ2n) is 7.24. The Morgan fingerprint density at radius 2 is 1.50 bits per heavy atom. The topological polar surface area (TPSA) is 76.9 Å². The van der Waals surface area contributed by atoms with Crippen LogP contribution in [-0.2, 0) is 0 Å². The van der Waals surface area contributed by atoms with Gasteiger partial charge in [-0.2, -0.15) is 15.0 Å². The second kappa shape index (κ2) is 8.08. The van der Waals surface area contributed by atoms with Crippen LogP contribution in [0.5, 0.6) is 5.88 Å². The molecule has 0 spiro atoms. The van der Waals surface area contributed by atoms with Gasteiger partial charge in [0.15, 0.2) is 0 Å². The zero-order chi connectivity index (χ0) is 22.2. The van der Waals surface area contributed by atoms with Crippen molar-refractivity contribution < 1.29 is 4.74 Å². The van der Waals surface area contributed by atoms with Gasteiger partial charge in [-0.15, -0.1) is 0 Å². The standard InChI is InChI=1S/C25H16Cl2N4O/c26-18-12-7-13-19(27)21(18)20-17(14-28)24(29)32-25-22(20)23(15-8-3-1-4-9-15)30-31(25)16-10-5-2-6-11-16/h1-13,20H,29H2/t20-/m1/s1. The van der Waals surface area contributed by atoms with E-state index in [2.05, 4.69) is 6.07 Å². The molecule has 0 bridgehead atoms. The maximum absolute atomic E-state index is 10.0. The number of fused-ring (bicyclic) bond motifs is 1. The SMILES string of the molecule is N#CC1=C(N)Oc2c(c(-c3ccccc3)nn2-c2ccccc2)[C@H]1c1c(Cl)cccc1Cl. The highest BCUT2D eigenvalue weighted by atomic mass is 35.5. The molecule has 1 aliphatic rings. The predicted molar refractivity (Wildman–Crippen MR) is 125 cm³/mol. The molecule has 4 aromatic rings. The van der Waals surface area contributed by atoms with E-state index in [1.165, 1.54) is 0 Å². The van der Waals surface area contributed by atoms with Crippen molar-refractivity contribution in [1.82, 2.24) is 9.78 Å². The summed E-state index contributed by atoms with van der Waals surface area (Å²) in [5, 5.41) is 15.8. The number of nitrogens with zero attached hydrogens (tertiary/aromatic N) is 3. The van der Waals surface area contributed by atoms with E-state index < -0.39 is 5.92 Å². The molecule has 0 saturated heterocycles. The molecule has 0 amide bonds. The first-order valence-corrected chi connectivity index (χ1v) is 10.6. The highest BCUT2D eigenvalue weighted by molar-refractivity contribution is 6.36. The molecule has 0 fully saturated rings. The van der Waals surface area contributed by atoms with Crippen LogP contribution in [0.2, 0.25) is 10.0 Å². The number of rotatable bonds is 3. The summed E-state index contributed by atoms with van der Waals surface area (Å²) in [6.45, 7) is 0. The Morgan fingerprint density at radius 3 is 2.12 bits per heavy atom. The fourth-order valence-electron chi connectivity index (χ4n) is 3.97. The number of nitrogens with two attached hydrogens (primary N) is 1. The Labute approximate surface area is 194 Å². The predicted octanol–water partition coefficient (Wildman–Crippen LogP) is 6.06. The number of ether oxygens (including phenoxy) is 1. The number of aromatic nitrogens is 2. The normalized spacial score (nSPS) is 15.1. The van der Waals surface area contributed by atoms with E-state index >= 15 is 0 Å². The monoisotopic (exact) mass is 458 g/mol. The first-order chi connectivity index (χ1) is 15.6. The Hall–Kier alpha value is -3.72. The largest absolute Gasteiger partial charge is 0.422 e. The van der Waals surface area contributed by atoms with Crippen LogP contribution in [0.25, 0.3) is 16.9 Å². The lowest BCUT2D eigenvalue weighted by atomic mass is 9.83. The molecular formula is C25H16Cl2N4O. The summed E-state index contributed by atoms with van der Waals surface area (Å²) in [6.07, 6.45) is 0. The average Bonchev–Trinajstić information content (AvgIpc) is 3.19. The van der Waals surface area contributed by atoms with Crippen LogP contribution in [0.4, 0.5) is 0 Å². The van der Waals surface area contributed by atoms with Crippen LogP contribution in [0.1, 0.15) is 17.0 Å². The molecule has 1 atom stereocenters. The zero-order valence-electron chi connectivity index (χ0n) is 16.7. The second-order valence-corrected chi connectivity index (χ2v) is 8.06. The van der Waals surface area contributed by atoms with Crippen molar-refractivity contribution in [2.75, 3.05) is 0 Å². The third kappa shape index (κ3) is 3.21. The van der Waals surface area contributed by atoms with Gasteiger partial charge in [0.1, 0.15) is 17.3 Å². The van der Waals surface area contributed by atoms with Crippen molar-refractivity contribution in [3.05, 3.63) is 111 Å². The number of benzene rings is 3. The minimum atomic E-state index is -0.641. The summed E-state index contributed by atoms with van der Waals surface area (Å²) >= 11 is 13.2. The minimum absolute atomic E-state index is 0.00215. The molecule has 5 nitrogen and oxygen atoms in total. The van der Waals surface area contributed by atoms with Crippen molar-refractivity contribution in [1.29, 1.82) is 5.26 Å². The van der Waals surface area contributed by atoms with E-state index in [-0.39, 0.29) is 11.5 Å². The van der Waals surface area contributed by atoms with Gasteiger partial charge >= 0.3 is 0 Å². The fraction of sp³-hybridized carbons (Fsp3) is 0.0400. The number of halogens is 2. The quantitative estimate of drug-likeness (QED) is 0.404. The lowest BCUT2D eigenvalue weighted by Crippen LogP contribution is -2.22. The first-order valence-electron chi connectivity index (χ1n) is 9.85. The maximum atomic E-state index is 10.0. The average molecular weight is 459 g/mol. The minimum Gasteiger partial charge on any atom is -0.422 e. The van der Waals surface area contributed by atoms with Gasteiger partial charge < -0.3 is 10.5 Å². The molecule has 0 saturated carbocycles. The van der Waals surface area contributed by atoms with E-state index in [1.54, 1.807) is 22.9 Å². The van der Waals surface area contributed by atoms with Gasteiger partial charge in [0.2, 0.25) is 11.8 Å². The number of para-hydroxylation sites is 1. The lowest BCUT2D eigenvalue weighted by molar-refractivity contribution is 0.367. The summed E-state index contributed by atoms with van der Waals surface area (Å²) in [6, 6.07) is 26.7. The van der Waals surface area contributed by atoms with Crippen LogP contribution < -0.4 is 10.5 Å².